The monoisotopic (exact) mass is 366 g/mol. The second-order valence-corrected chi connectivity index (χ2v) is 8.43. The predicted octanol–water partition coefficient (Wildman–Crippen LogP) is 4.88. The van der Waals surface area contributed by atoms with Crippen LogP contribution in [0.5, 0.6) is 0 Å². The van der Waals surface area contributed by atoms with Gasteiger partial charge in [-0.25, -0.2) is 0 Å². The Morgan fingerprint density at radius 2 is 1.95 bits per heavy atom. The summed E-state index contributed by atoms with van der Waals surface area (Å²) in [5.74, 6) is 0.496. The van der Waals surface area contributed by atoms with Gasteiger partial charge in [-0.1, -0.05) is 61.0 Å². The molecular weight excluding hydrogens is 340 g/mol. The number of rotatable bonds is 5. The minimum atomic E-state index is -0.153. The molecule has 2 saturated heterocycles. The van der Waals surface area contributed by atoms with Crippen molar-refractivity contribution in [2.75, 3.05) is 0 Å². The van der Waals surface area contributed by atoms with Crippen molar-refractivity contribution in [2.45, 2.75) is 75.7 Å². The molecule has 0 spiro atoms. The SMILES string of the molecule is CCc1ccccc1COC1CC2(C(C)C)OC1(C)CC2Br. The average Bonchev–Trinajstić information content (AvgIpc) is 2.93. The highest BCUT2D eigenvalue weighted by atomic mass is 79.9. The zero-order valence-electron chi connectivity index (χ0n) is 14.1. The van der Waals surface area contributed by atoms with Crippen molar-refractivity contribution >= 4 is 15.9 Å². The number of aryl methyl sites for hydroxylation is 1. The van der Waals surface area contributed by atoms with E-state index >= 15 is 0 Å². The summed E-state index contributed by atoms with van der Waals surface area (Å²) in [6, 6.07) is 8.58. The Hall–Kier alpha value is -0.380. The molecule has 3 rings (SSSR count). The van der Waals surface area contributed by atoms with Gasteiger partial charge in [0.15, 0.2) is 0 Å². The summed E-state index contributed by atoms with van der Waals surface area (Å²) in [4.78, 5) is 0.438. The molecule has 2 nitrogen and oxygen atoms in total. The minimum absolute atomic E-state index is 0.0658. The highest BCUT2D eigenvalue weighted by Gasteiger charge is 2.65. The molecule has 0 aliphatic carbocycles. The lowest BCUT2D eigenvalue weighted by molar-refractivity contribution is -0.0956. The standard InChI is InChI=1S/C19H27BrO2/c1-5-14-8-6-7-9-15(14)12-21-17-11-19(13(2)3)16(20)10-18(17,4)22-19/h6-9,13,16-17H,5,10-12H2,1-4H3. The van der Waals surface area contributed by atoms with E-state index in [1.807, 2.05) is 0 Å². The molecule has 2 fully saturated rings. The summed E-state index contributed by atoms with van der Waals surface area (Å²) in [5, 5.41) is 0. The molecule has 4 atom stereocenters. The van der Waals surface area contributed by atoms with Crippen molar-refractivity contribution < 1.29 is 9.47 Å². The maximum absolute atomic E-state index is 6.51. The molecule has 122 valence electrons. The van der Waals surface area contributed by atoms with Gasteiger partial charge < -0.3 is 9.47 Å². The second kappa shape index (κ2) is 5.92. The zero-order chi connectivity index (χ0) is 16.0. The van der Waals surface area contributed by atoms with Gasteiger partial charge in [0.25, 0.3) is 0 Å². The Bertz CT molecular complexity index is 544. The highest BCUT2D eigenvalue weighted by Crippen LogP contribution is 2.57. The molecule has 2 aliphatic heterocycles. The maximum Gasteiger partial charge on any atom is 0.0936 e. The Balaban J connectivity index is 1.72. The fourth-order valence-electron chi connectivity index (χ4n) is 4.12. The number of hydrogen-bond donors (Lipinski definition) is 0. The van der Waals surface area contributed by atoms with Gasteiger partial charge in [-0.05, 0) is 36.8 Å². The number of benzene rings is 1. The average molecular weight is 367 g/mol. The van der Waals surface area contributed by atoms with Gasteiger partial charge >= 0.3 is 0 Å². The highest BCUT2D eigenvalue weighted by molar-refractivity contribution is 9.09. The summed E-state index contributed by atoms with van der Waals surface area (Å²) in [5.41, 5.74) is 2.47. The Labute approximate surface area is 142 Å². The second-order valence-electron chi connectivity index (χ2n) is 7.32. The van der Waals surface area contributed by atoms with Gasteiger partial charge in [0.1, 0.15) is 0 Å². The van der Waals surface area contributed by atoms with Crippen molar-refractivity contribution in [3.63, 3.8) is 0 Å². The van der Waals surface area contributed by atoms with Gasteiger partial charge in [0.05, 0.1) is 23.9 Å². The molecule has 0 saturated carbocycles. The van der Waals surface area contributed by atoms with Crippen molar-refractivity contribution in [2.24, 2.45) is 5.92 Å². The van der Waals surface area contributed by atoms with E-state index in [1.165, 1.54) is 11.1 Å². The summed E-state index contributed by atoms with van der Waals surface area (Å²) in [6.45, 7) is 9.62. The number of ether oxygens (including phenoxy) is 2. The molecule has 0 aromatic heterocycles. The molecule has 2 aliphatic rings. The van der Waals surface area contributed by atoms with E-state index in [4.69, 9.17) is 9.47 Å². The maximum atomic E-state index is 6.51. The van der Waals surface area contributed by atoms with Crippen LogP contribution in [0.1, 0.15) is 51.7 Å². The third-order valence-electron chi connectivity index (χ3n) is 5.64. The van der Waals surface area contributed by atoms with Crippen LogP contribution in [0.25, 0.3) is 0 Å². The van der Waals surface area contributed by atoms with E-state index in [0.29, 0.717) is 17.4 Å². The van der Waals surface area contributed by atoms with Crippen LogP contribution < -0.4 is 0 Å². The van der Waals surface area contributed by atoms with Crippen LogP contribution in [0.3, 0.4) is 0 Å². The van der Waals surface area contributed by atoms with E-state index in [-0.39, 0.29) is 17.3 Å². The van der Waals surface area contributed by atoms with Gasteiger partial charge in [-0.3, -0.25) is 0 Å². The predicted molar refractivity (Wildman–Crippen MR) is 93.4 cm³/mol. The summed E-state index contributed by atoms with van der Waals surface area (Å²) >= 11 is 3.85. The molecule has 4 unspecified atom stereocenters. The van der Waals surface area contributed by atoms with Crippen molar-refractivity contribution in [3.8, 4) is 0 Å². The minimum Gasteiger partial charge on any atom is -0.370 e. The van der Waals surface area contributed by atoms with Crippen LogP contribution in [0.2, 0.25) is 0 Å². The summed E-state index contributed by atoms with van der Waals surface area (Å²) in [6.07, 6.45) is 3.27. The Kier molecular flexibility index (Phi) is 4.43. The molecule has 1 aromatic rings. The molecular formula is C19H27BrO2. The normalized spacial score (nSPS) is 37.2. The van der Waals surface area contributed by atoms with Crippen molar-refractivity contribution in [1.82, 2.24) is 0 Å². The smallest absolute Gasteiger partial charge is 0.0936 e. The number of hydrogen-bond acceptors (Lipinski definition) is 2. The molecule has 1 aromatic carbocycles. The third-order valence-corrected chi connectivity index (χ3v) is 6.74. The third kappa shape index (κ3) is 2.55. The van der Waals surface area contributed by atoms with E-state index < -0.39 is 0 Å². The Morgan fingerprint density at radius 1 is 1.27 bits per heavy atom. The first kappa shape index (κ1) is 16.5. The summed E-state index contributed by atoms with van der Waals surface area (Å²) in [7, 11) is 0. The van der Waals surface area contributed by atoms with E-state index in [2.05, 4.69) is 67.9 Å². The molecule has 0 radical (unpaired) electrons. The van der Waals surface area contributed by atoms with Crippen LogP contribution in [-0.4, -0.2) is 22.1 Å². The molecule has 3 heteroatoms. The van der Waals surface area contributed by atoms with E-state index in [0.717, 1.165) is 19.3 Å². The molecule has 0 N–H and O–H groups in total. The first-order valence-corrected chi connectivity index (χ1v) is 9.35. The van der Waals surface area contributed by atoms with E-state index in [9.17, 15) is 0 Å². The van der Waals surface area contributed by atoms with Crippen LogP contribution in [0.15, 0.2) is 24.3 Å². The topological polar surface area (TPSA) is 18.5 Å². The zero-order valence-corrected chi connectivity index (χ0v) is 15.7. The lowest BCUT2D eigenvalue weighted by Gasteiger charge is -2.35. The van der Waals surface area contributed by atoms with E-state index in [1.54, 1.807) is 0 Å². The van der Waals surface area contributed by atoms with Crippen LogP contribution in [0, 0.1) is 5.92 Å². The molecule has 22 heavy (non-hydrogen) atoms. The van der Waals surface area contributed by atoms with Gasteiger partial charge in [0.2, 0.25) is 0 Å². The van der Waals surface area contributed by atoms with Gasteiger partial charge in [-0.15, -0.1) is 0 Å². The first-order valence-electron chi connectivity index (χ1n) is 8.44. The molecule has 2 heterocycles. The number of alkyl halides is 1. The fraction of sp³-hybridized carbons (Fsp3) is 0.684. The Morgan fingerprint density at radius 3 is 2.55 bits per heavy atom. The quantitative estimate of drug-likeness (QED) is 0.691. The molecule has 2 bridgehead atoms. The van der Waals surface area contributed by atoms with Crippen LogP contribution >= 0.6 is 15.9 Å². The van der Waals surface area contributed by atoms with Crippen LogP contribution in [0.4, 0.5) is 0 Å². The number of fused-ring (bicyclic) bond motifs is 2. The van der Waals surface area contributed by atoms with Gasteiger partial charge in [0, 0.05) is 11.2 Å². The lowest BCUT2D eigenvalue weighted by atomic mass is 9.75. The van der Waals surface area contributed by atoms with Crippen molar-refractivity contribution in [1.29, 1.82) is 0 Å². The molecule has 0 amide bonds. The van der Waals surface area contributed by atoms with Crippen LogP contribution in [-0.2, 0) is 22.5 Å². The largest absolute Gasteiger partial charge is 0.370 e. The fourth-order valence-corrected chi connectivity index (χ4v) is 5.58. The first-order chi connectivity index (χ1) is 10.4. The number of halogens is 1. The van der Waals surface area contributed by atoms with Crippen molar-refractivity contribution in [3.05, 3.63) is 35.4 Å². The summed E-state index contributed by atoms with van der Waals surface area (Å²) < 4.78 is 12.9. The van der Waals surface area contributed by atoms with Gasteiger partial charge in [-0.2, -0.15) is 0 Å². The lowest BCUT2D eigenvalue weighted by Crippen LogP contribution is -2.44.